The highest BCUT2D eigenvalue weighted by molar-refractivity contribution is 5.89. The molecule has 0 aromatic carbocycles. The molecule has 0 bridgehead atoms. The lowest BCUT2D eigenvalue weighted by Crippen LogP contribution is -2.27. The first-order valence-corrected chi connectivity index (χ1v) is 4.32. The molecule has 0 amide bonds. The maximum atomic E-state index is 11.3. The molecule has 1 N–H and O–H groups in total. The van der Waals surface area contributed by atoms with Crippen molar-refractivity contribution in [1.82, 2.24) is 5.32 Å². The summed E-state index contributed by atoms with van der Waals surface area (Å²) < 4.78 is 4.93. The Balaban J connectivity index is 2.64. The molecule has 0 radical (unpaired) electrons. The van der Waals surface area contributed by atoms with Gasteiger partial charge in [-0.25, -0.2) is 4.79 Å². The van der Waals surface area contributed by atoms with Crippen LogP contribution in [-0.2, 0) is 9.53 Å². The molecule has 0 aromatic heterocycles. The molecule has 0 unspecified atom stereocenters. The zero-order valence-electron chi connectivity index (χ0n) is 7.64. The molecule has 0 spiro atoms. The maximum Gasteiger partial charge on any atom is 0.334 e. The molecule has 0 saturated heterocycles. The zero-order valence-corrected chi connectivity index (χ0v) is 7.64. The standard InChI is InChI=1S/C9H15NO2/c1-3-12-9(11)8-4-5-10-6-7(8)2/h10H,3-6H2,1-2H3. The SMILES string of the molecule is CCOC(=O)C1=C(C)CNCC1. The van der Waals surface area contributed by atoms with Crippen LogP contribution >= 0.6 is 0 Å². The van der Waals surface area contributed by atoms with E-state index in [0.717, 1.165) is 30.7 Å². The van der Waals surface area contributed by atoms with Crippen molar-refractivity contribution in [3.05, 3.63) is 11.1 Å². The molecule has 3 heteroatoms. The Morgan fingerprint density at radius 2 is 2.42 bits per heavy atom. The van der Waals surface area contributed by atoms with Gasteiger partial charge in [0.25, 0.3) is 0 Å². The molecule has 0 aliphatic carbocycles. The van der Waals surface area contributed by atoms with Gasteiger partial charge in [0.2, 0.25) is 0 Å². The highest BCUT2D eigenvalue weighted by Crippen LogP contribution is 2.13. The van der Waals surface area contributed by atoms with Gasteiger partial charge in [0.05, 0.1) is 6.61 Å². The summed E-state index contributed by atoms with van der Waals surface area (Å²) in [5.41, 5.74) is 1.97. The van der Waals surface area contributed by atoms with Gasteiger partial charge >= 0.3 is 5.97 Å². The Bertz CT molecular complexity index is 209. The lowest BCUT2D eigenvalue weighted by Gasteiger charge is -2.17. The molecule has 1 heterocycles. The second-order valence-corrected chi connectivity index (χ2v) is 2.91. The average Bonchev–Trinajstić information content (AvgIpc) is 2.05. The van der Waals surface area contributed by atoms with Gasteiger partial charge in [-0.3, -0.25) is 0 Å². The highest BCUT2D eigenvalue weighted by atomic mass is 16.5. The van der Waals surface area contributed by atoms with Crippen LogP contribution in [0.4, 0.5) is 0 Å². The van der Waals surface area contributed by atoms with E-state index in [1.807, 2.05) is 13.8 Å². The number of rotatable bonds is 2. The summed E-state index contributed by atoms with van der Waals surface area (Å²) in [6.07, 6.45) is 0.796. The van der Waals surface area contributed by atoms with E-state index >= 15 is 0 Å². The number of hydrogen-bond donors (Lipinski definition) is 1. The van der Waals surface area contributed by atoms with Crippen LogP contribution < -0.4 is 5.32 Å². The molecule has 3 nitrogen and oxygen atoms in total. The lowest BCUT2D eigenvalue weighted by molar-refractivity contribution is -0.138. The van der Waals surface area contributed by atoms with Crippen LogP contribution in [0.1, 0.15) is 20.3 Å². The number of ether oxygens (including phenoxy) is 1. The largest absolute Gasteiger partial charge is 0.463 e. The predicted octanol–water partition coefficient (Wildman–Crippen LogP) is 0.859. The van der Waals surface area contributed by atoms with Crippen molar-refractivity contribution in [2.75, 3.05) is 19.7 Å². The number of carbonyl (C=O) groups excluding carboxylic acids is 1. The number of hydrogen-bond acceptors (Lipinski definition) is 3. The molecule has 12 heavy (non-hydrogen) atoms. The summed E-state index contributed by atoms with van der Waals surface area (Å²) in [7, 11) is 0. The van der Waals surface area contributed by atoms with Crippen LogP contribution in [-0.4, -0.2) is 25.7 Å². The first kappa shape index (κ1) is 9.26. The Morgan fingerprint density at radius 1 is 1.67 bits per heavy atom. The summed E-state index contributed by atoms with van der Waals surface area (Å²) in [6, 6.07) is 0. The third-order valence-corrected chi connectivity index (χ3v) is 1.98. The van der Waals surface area contributed by atoms with Crippen molar-refractivity contribution in [2.45, 2.75) is 20.3 Å². The van der Waals surface area contributed by atoms with E-state index in [1.54, 1.807) is 0 Å². The second kappa shape index (κ2) is 4.26. The van der Waals surface area contributed by atoms with Gasteiger partial charge in [-0.05, 0) is 32.4 Å². The van der Waals surface area contributed by atoms with Crippen molar-refractivity contribution in [1.29, 1.82) is 0 Å². The van der Waals surface area contributed by atoms with Gasteiger partial charge in [-0.2, -0.15) is 0 Å². The van der Waals surface area contributed by atoms with Crippen molar-refractivity contribution in [3.8, 4) is 0 Å². The first-order chi connectivity index (χ1) is 5.75. The van der Waals surface area contributed by atoms with Gasteiger partial charge in [-0.15, -0.1) is 0 Å². The molecular weight excluding hydrogens is 154 g/mol. The van der Waals surface area contributed by atoms with Gasteiger partial charge < -0.3 is 10.1 Å². The second-order valence-electron chi connectivity index (χ2n) is 2.91. The fourth-order valence-electron chi connectivity index (χ4n) is 1.30. The maximum absolute atomic E-state index is 11.3. The molecule has 0 atom stereocenters. The number of carbonyl (C=O) groups is 1. The summed E-state index contributed by atoms with van der Waals surface area (Å²) in [6.45, 7) is 5.95. The van der Waals surface area contributed by atoms with Crippen LogP contribution in [0, 0.1) is 0 Å². The smallest absolute Gasteiger partial charge is 0.334 e. The van der Waals surface area contributed by atoms with E-state index in [4.69, 9.17) is 4.74 Å². The molecule has 0 fully saturated rings. The first-order valence-electron chi connectivity index (χ1n) is 4.32. The monoisotopic (exact) mass is 169 g/mol. The van der Waals surface area contributed by atoms with E-state index in [1.165, 1.54) is 0 Å². The minimum Gasteiger partial charge on any atom is -0.463 e. The zero-order chi connectivity index (χ0) is 8.97. The van der Waals surface area contributed by atoms with Crippen molar-refractivity contribution in [3.63, 3.8) is 0 Å². The Labute approximate surface area is 72.8 Å². The third kappa shape index (κ3) is 2.08. The number of esters is 1. The van der Waals surface area contributed by atoms with Gasteiger partial charge in [0, 0.05) is 12.1 Å². The van der Waals surface area contributed by atoms with E-state index in [2.05, 4.69) is 5.32 Å². The fourth-order valence-corrected chi connectivity index (χ4v) is 1.30. The normalized spacial score (nSPS) is 17.8. The minimum absolute atomic E-state index is 0.142. The van der Waals surface area contributed by atoms with Gasteiger partial charge in [0.1, 0.15) is 0 Å². The minimum atomic E-state index is -0.142. The molecule has 68 valence electrons. The van der Waals surface area contributed by atoms with Crippen LogP contribution in [0.5, 0.6) is 0 Å². The van der Waals surface area contributed by atoms with Crippen LogP contribution in [0.2, 0.25) is 0 Å². The van der Waals surface area contributed by atoms with Crippen molar-refractivity contribution < 1.29 is 9.53 Å². The van der Waals surface area contributed by atoms with Gasteiger partial charge in [0.15, 0.2) is 0 Å². The number of nitrogens with one attached hydrogen (secondary N) is 1. The third-order valence-electron chi connectivity index (χ3n) is 1.98. The van der Waals surface area contributed by atoms with E-state index in [-0.39, 0.29) is 5.97 Å². The molecular formula is C9H15NO2. The molecule has 1 aliphatic rings. The molecule has 1 aliphatic heterocycles. The molecule has 0 aromatic rings. The van der Waals surface area contributed by atoms with E-state index in [0.29, 0.717) is 6.61 Å². The summed E-state index contributed by atoms with van der Waals surface area (Å²) >= 11 is 0. The van der Waals surface area contributed by atoms with Crippen LogP contribution in [0.15, 0.2) is 11.1 Å². The molecule has 1 rings (SSSR count). The lowest BCUT2D eigenvalue weighted by atomic mass is 10.0. The summed E-state index contributed by atoms with van der Waals surface area (Å²) in [5, 5.41) is 3.20. The topological polar surface area (TPSA) is 38.3 Å². The Hall–Kier alpha value is -0.830. The van der Waals surface area contributed by atoms with Gasteiger partial charge in [-0.1, -0.05) is 0 Å². The van der Waals surface area contributed by atoms with E-state index in [9.17, 15) is 4.79 Å². The summed E-state index contributed by atoms with van der Waals surface area (Å²) in [5.74, 6) is -0.142. The van der Waals surface area contributed by atoms with Crippen LogP contribution in [0.3, 0.4) is 0 Å². The Morgan fingerprint density at radius 3 is 3.00 bits per heavy atom. The average molecular weight is 169 g/mol. The van der Waals surface area contributed by atoms with Crippen molar-refractivity contribution in [2.24, 2.45) is 0 Å². The predicted molar refractivity (Wildman–Crippen MR) is 46.8 cm³/mol. The van der Waals surface area contributed by atoms with Crippen molar-refractivity contribution >= 4 is 5.97 Å². The highest BCUT2D eigenvalue weighted by Gasteiger charge is 2.16. The Kier molecular flexibility index (Phi) is 3.29. The quantitative estimate of drug-likeness (QED) is 0.623. The summed E-state index contributed by atoms with van der Waals surface area (Å²) in [4.78, 5) is 11.3. The fraction of sp³-hybridized carbons (Fsp3) is 0.667. The van der Waals surface area contributed by atoms with Crippen LogP contribution in [0.25, 0.3) is 0 Å². The molecule has 0 saturated carbocycles. The van der Waals surface area contributed by atoms with E-state index < -0.39 is 0 Å².